The van der Waals surface area contributed by atoms with Gasteiger partial charge in [-0.1, -0.05) is 6.07 Å². The Labute approximate surface area is 144 Å². The highest BCUT2D eigenvalue weighted by Gasteiger charge is 2.41. The number of thioether (sulfide) groups is 1. The summed E-state index contributed by atoms with van der Waals surface area (Å²) in [6, 6.07) is 4.50. The van der Waals surface area contributed by atoms with Gasteiger partial charge in [-0.15, -0.1) is 0 Å². The SMILES string of the molecule is CCOC(=O)C(C)N1C(=O)S/C(=C/c2ccc(OC)cc2C)C1=O. The Morgan fingerprint density at radius 2 is 2.08 bits per heavy atom. The summed E-state index contributed by atoms with van der Waals surface area (Å²) in [6.07, 6.45) is 1.65. The second-order valence-electron chi connectivity index (χ2n) is 5.20. The highest BCUT2D eigenvalue weighted by atomic mass is 32.2. The number of methoxy groups -OCH3 is 1. The van der Waals surface area contributed by atoms with Crippen LogP contribution in [0.1, 0.15) is 25.0 Å². The summed E-state index contributed by atoms with van der Waals surface area (Å²) in [5.41, 5.74) is 1.73. The minimum atomic E-state index is -0.944. The lowest BCUT2D eigenvalue weighted by Crippen LogP contribution is -2.42. The van der Waals surface area contributed by atoms with Gasteiger partial charge in [-0.25, -0.2) is 4.79 Å². The molecule has 0 N–H and O–H groups in total. The molecule has 0 bridgehead atoms. The molecule has 1 aliphatic heterocycles. The molecule has 6 nitrogen and oxygen atoms in total. The Kier molecular flexibility index (Phi) is 5.66. The maximum atomic E-state index is 12.5. The van der Waals surface area contributed by atoms with Crippen LogP contribution in [0.4, 0.5) is 4.79 Å². The molecule has 1 fully saturated rings. The van der Waals surface area contributed by atoms with Gasteiger partial charge in [0.05, 0.1) is 18.6 Å². The molecular weight excluding hydrogens is 330 g/mol. The highest BCUT2D eigenvalue weighted by molar-refractivity contribution is 8.18. The van der Waals surface area contributed by atoms with E-state index < -0.39 is 23.2 Å². The second kappa shape index (κ2) is 7.53. The second-order valence-corrected chi connectivity index (χ2v) is 6.20. The number of aryl methyl sites for hydroxylation is 1. The van der Waals surface area contributed by atoms with Crippen molar-refractivity contribution in [3.63, 3.8) is 0 Å². The lowest BCUT2D eigenvalue weighted by molar-refractivity contribution is -0.150. The number of carbonyl (C=O) groups excluding carboxylic acids is 3. The molecule has 1 aromatic carbocycles. The van der Waals surface area contributed by atoms with Crippen LogP contribution in [0.25, 0.3) is 6.08 Å². The van der Waals surface area contributed by atoms with E-state index in [1.165, 1.54) is 6.92 Å². The summed E-state index contributed by atoms with van der Waals surface area (Å²) < 4.78 is 10.0. The maximum absolute atomic E-state index is 12.5. The standard InChI is InChI=1S/C17H19NO5S/c1-5-23-16(20)11(3)18-15(19)14(24-17(18)21)9-12-6-7-13(22-4)8-10(12)2/h6-9,11H,5H2,1-4H3/b14-9+. The fourth-order valence-electron chi connectivity index (χ4n) is 2.26. The average molecular weight is 349 g/mol. The van der Waals surface area contributed by atoms with E-state index in [9.17, 15) is 14.4 Å². The molecule has 2 amide bonds. The van der Waals surface area contributed by atoms with E-state index in [1.54, 1.807) is 26.2 Å². The number of benzene rings is 1. The zero-order valence-corrected chi connectivity index (χ0v) is 14.8. The molecule has 1 unspecified atom stereocenters. The number of nitrogens with zero attached hydrogens (tertiary/aromatic N) is 1. The van der Waals surface area contributed by atoms with E-state index in [0.29, 0.717) is 5.75 Å². The Balaban J connectivity index is 2.26. The first kappa shape index (κ1) is 18.1. The Bertz CT molecular complexity index is 713. The molecule has 7 heteroatoms. The number of amides is 2. The van der Waals surface area contributed by atoms with Crippen molar-refractivity contribution in [3.05, 3.63) is 34.2 Å². The van der Waals surface area contributed by atoms with Gasteiger partial charge in [0.25, 0.3) is 11.1 Å². The molecule has 0 saturated carbocycles. The fourth-order valence-corrected chi connectivity index (χ4v) is 3.16. The normalized spacial score (nSPS) is 17.3. The van der Waals surface area contributed by atoms with Crippen molar-refractivity contribution in [2.45, 2.75) is 26.8 Å². The van der Waals surface area contributed by atoms with E-state index in [0.717, 1.165) is 27.8 Å². The molecule has 1 aliphatic rings. The van der Waals surface area contributed by atoms with Crippen molar-refractivity contribution in [1.29, 1.82) is 0 Å². The van der Waals surface area contributed by atoms with Gasteiger partial charge in [-0.3, -0.25) is 14.5 Å². The largest absolute Gasteiger partial charge is 0.497 e. The molecule has 2 rings (SSSR count). The number of hydrogen-bond donors (Lipinski definition) is 0. The zero-order valence-electron chi connectivity index (χ0n) is 14.0. The molecular formula is C17H19NO5S. The van der Waals surface area contributed by atoms with Crippen LogP contribution in [0.2, 0.25) is 0 Å². The quantitative estimate of drug-likeness (QED) is 0.601. The molecule has 1 aromatic rings. The first-order valence-corrected chi connectivity index (χ1v) is 8.29. The highest BCUT2D eigenvalue weighted by Crippen LogP contribution is 2.34. The predicted molar refractivity (Wildman–Crippen MR) is 91.6 cm³/mol. The van der Waals surface area contributed by atoms with Crippen LogP contribution >= 0.6 is 11.8 Å². The Hall–Kier alpha value is -2.28. The molecule has 0 spiro atoms. The van der Waals surface area contributed by atoms with E-state index in [-0.39, 0.29) is 11.5 Å². The minimum absolute atomic E-state index is 0.195. The van der Waals surface area contributed by atoms with Gasteiger partial charge in [0, 0.05) is 0 Å². The van der Waals surface area contributed by atoms with Crippen LogP contribution in [-0.2, 0) is 14.3 Å². The summed E-state index contributed by atoms with van der Waals surface area (Å²) in [7, 11) is 1.58. The number of rotatable bonds is 5. The monoisotopic (exact) mass is 349 g/mol. The lowest BCUT2D eigenvalue weighted by Gasteiger charge is -2.19. The van der Waals surface area contributed by atoms with E-state index in [2.05, 4.69) is 0 Å². The van der Waals surface area contributed by atoms with Crippen molar-refractivity contribution >= 4 is 35.0 Å². The smallest absolute Gasteiger partial charge is 0.329 e. The van der Waals surface area contributed by atoms with Crippen molar-refractivity contribution in [2.75, 3.05) is 13.7 Å². The molecule has 0 aromatic heterocycles. The van der Waals surface area contributed by atoms with Gasteiger partial charge < -0.3 is 9.47 Å². The van der Waals surface area contributed by atoms with Crippen LogP contribution in [-0.4, -0.2) is 41.8 Å². The van der Waals surface area contributed by atoms with Crippen molar-refractivity contribution < 1.29 is 23.9 Å². The molecule has 0 aliphatic carbocycles. The van der Waals surface area contributed by atoms with E-state index in [1.807, 2.05) is 19.1 Å². The van der Waals surface area contributed by atoms with Gasteiger partial charge in [0.1, 0.15) is 11.8 Å². The van der Waals surface area contributed by atoms with Crippen molar-refractivity contribution in [2.24, 2.45) is 0 Å². The first-order valence-electron chi connectivity index (χ1n) is 7.47. The molecule has 128 valence electrons. The number of hydrogen-bond acceptors (Lipinski definition) is 6. The number of esters is 1. The Morgan fingerprint density at radius 1 is 1.38 bits per heavy atom. The summed E-state index contributed by atoms with van der Waals surface area (Å²) in [4.78, 5) is 37.6. The molecule has 1 atom stereocenters. The number of imide groups is 1. The first-order chi connectivity index (χ1) is 11.4. The van der Waals surface area contributed by atoms with Crippen LogP contribution < -0.4 is 4.74 Å². The third-order valence-corrected chi connectivity index (χ3v) is 4.49. The fraction of sp³-hybridized carbons (Fsp3) is 0.353. The van der Waals surface area contributed by atoms with Crippen molar-refractivity contribution in [1.82, 2.24) is 4.90 Å². The van der Waals surface area contributed by atoms with Crippen LogP contribution in [0.5, 0.6) is 5.75 Å². The zero-order chi connectivity index (χ0) is 17.9. The third kappa shape index (κ3) is 3.62. The van der Waals surface area contributed by atoms with Crippen molar-refractivity contribution in [3.8, 4) is 5.75 Å². The van der Waals surface area contributed by atoms with Crippen LogP contribution in [0.15, 0.2) is 23.1 Å². The average Bonchev–Trinajstić information content (AvgIpc) is 2.82. The van der Waals surface area contributed by atoms with Gasteiger partial charge in [0.2, 0.25) is 0 Å². The van der Waals surface area contributed by atoms with E-state index >= 15 is 0 Å². The van der Waals surface area contributed by atoms with Crippen LogP contribution in [0.3, 0.4) is 0 Å². The molecule has 1 heterocycles. The number of carbonyl (C=O) groups is 3. The van der Waals surface area contributed by atoms with Gasteiger partial charge in [-0.2, -0.15) is 0 Å². The van der Waals surface area contributed by atoms with E-state index in [4.69, 9.17) is 9.47 Å². The third-order valence-electron chi connectivity index (χ3n) is 3.60. The maximum Gasteiger partial charge on any atom is 0.329 e. The predicted octanol–water partition coefficient (Wildman–Crippen LogP) is 2.99. The lowest BCUT2D eigenvalue weighted by atomic mass is 10.1. The summed E-state index contributed by atoms with van der Waals surface area (Å²) in [5, 5.41) is -0.474. The van der Waals surface area contributed by atoms with Gasteiger partial charge in [0.15, 0.2) is 0 Å². The van der Waals surface area contributed by atoms with Gasteiger partial charge >= 0.3 is 5.97 Å². The summed E-state index contributed by atoms with van der Waals surface area (Å²) in [6.45, 7) is 5.24. The summed E-state index contributed by atoms with van der Waals surface area (Å²) >= 11 is 0.819. The summed E-state index contributed by atoms with van der Waals surface area (Å²) in [5.74, 6) is -0.365. The van der Waals surface area contributed by atoms with Crippen LogP contribution in [0, 0.1) is 6.92 Å². The Morgan fingerprint density at radius 3 is 2.67 bits per heavy atom. The molecule has 24 heavy (non-hydrogen) atoms. The van der Waals surface area contributed by atoms with Gasteiger partial charge in [-0.05, 0) is 61.9 Å². The molecule has 1 saturated heterocycles. The minimum Gasteiger partial charge on any atom is -0.497 e. The molecule has 0 radical (unpaired) electrons. The topological polar surface area (TPSA) is 72.9 Å². The number of ether oxygens (including phenoxy) is 2.